The number of fused-ring (bicyclic) bond motifs is 3. The summed E-state index contributed by atoms with van der Waals surface area (Å²) in [6, 6.07) is 0. The van der Waals surface area contributed by atoms with E-state index in [1.165, 1.54) is 4.68 Å². The second kappa shape index (κ2) is 5.69. The van der Waals surface area contributed by atoms with Gasteiger partial charge in [0.25, 0.3) is 5.91 Å². The fraction of sp³-hybridized carbons (Fsp3) is 0.643. The van der Waals surface area contributed by atoms with Crippen molar-refractivity contribution < 1.29 is 23.8 Å². The van der Waals surface area contributed by atoms with E-state index in [0.717, 1.165) is 17.7 Å². The van der Waals surface area contributed by atoms with Crippen LogP contribution in [-0.4, -0.2) is 42.2 Å². The monoisotopic (exact) mass is 309 g/mol. The Bertz CT molecular complexity index is 612. The molecule has 8 nitrogen and oxygen atoms in total. The molecule has 3 rings (SSSR count). The number of ether oxygens (including phenoxy) is 3. The number of hydrogen-bond donors (Lipinski definition) is 1. The minimum atomic E-state index is -0.586. The van der Waals surface area contributed by atoms with E-state index < -0.39 is 11.9 Å². The summed E-state index contributed by atoms with van der Waals surface area (Å²) in [5.74, 6) is -0.461. The molecule has 0 radical (unpaired) electrons. The average molecular weight is 309 g/mol. The number of rotatable bonds is 7. The molecular formula is C14H19N3O5. The predicted octanol–water partition coefficient (Wildman–Crippen LogP) is 0.324. The van der Waals surface area contributed by atoms with Gasteiger partial charge in [0.15, 0.2) is 5.69 Å². The van der Waals surface area contributed by atoms with E-state index in [1.807, 2.05) is 0 Å². The van der Waals surface area contributed by atoms with Crippen molar-refractivity contribution in [2.75, 3.05) is 20.5 Å². The number of methoxy groups -OCH3 is 1. The van der Waals surface area contributed by atoms with E-state index in [4.69, 9.17) is 19.9 Å². The minimum Gasteiger partial charge on any atom is -0.465 e. The largest absolute Gasteiger partial charge is 0.465 e. The lowest BCUT2D eigenvalue weighted by molar-refractivity contribution is -0.144. The van der Waals surface area contributed by atoms with Gasteiger partial charge < -0.3 is 19.9 Å². The van der Waals surface area contributed by atoms with Crippen LogP contribution >= 0.6 is 0 Å². The Morgan fingerprint density at radius 1 is 1.45 bits per heavy atom. The third-order valence-electron chi connectivity index (χ3n) is 4.08. The van der Waals surface area contributed by atoms with Gasteiger partial charge in [-0.25, -0.2) is 0 Å². The molecule has 2 aliphatic rings. The summed E-state index contributed by atoms with van der Waals surface area (Å²) in [5, 5.41) is 4.21. The fourth-order valence-electron chi connectivity index (χ4n) is 3.21. The van der Waals surface area contributed by atoms with Crippen LogP contribution in [0.25, 0.3) is 0 Å². The third-order valence-corrected chi connectivity index (χ3v) is 4.08. The van der Waals surface area contributed by atoms with Gasteiger partial charge in [-0.3, -0.25) is 14.3 Å². The standard InChI is InChI=1S/C14H19N3O5/c1-3-21-9(18)5-17-12-10(11(16-17)14(15)19)7-4-8(7)13(12)22-6-20-2/h7-8,13H,3-6H2,1-2H3,(H2,15,19)/t7-,8+,13-/m0/s1. The Morgan fingerprint density at radius 3 is 2.86 bits per heavy atom. The van der Waals surface area contributed by atoms with Crippen molar-refractivity contribution >= 4 is 11.9 Å². The van der Waals surface area contributed by atoms with Gasteiger partial charge in [0.05, 0.1) is 12.3 Å². The summed E-state index contributed by atoms with van der Waals surface area (Å²) < 4.78 is 17.1. The van der Waals surface area contributed by atoms with Crippen LogP contribution in [0.2, 0.25) is 0 Å². The quantitative estimate of drug-likeness (QED) is 0.574. The van der Waals surface area contributed by atoms with Gasteiger partial charge in [-0.15, -0.1) is 0 Å². The van der Waals surface area contributed by atoms with Crippen molar-refractivity contribution in [2.24, 2.45) is 11.7 Å². The molecule has 0 bridgehead atoms. The number of amides is 1. The normalized spacial score (nSPS) is 24.7. The number of aromatic nitrogens is 2. The summed E-state index contributed by atoms with van der Waals surface area (Å²) in [7, 11) is 1.55. The van der Waals surface area contributed by atoms with Gasteiger partial charge in [-0.1, -0.05) is 0 Å². The van der Waals surface area contributed by atoms with E-state index in [1.54, 1.807) is 14.0 Å². The molecule has 120 valence electrons. The van der Waals surface area contributed by atoms with E-state index in [-0.39, 0.29) is 31.1 Å². The second-order valence-electron chi connectivity index (χ2n) is 5.47. The second-order valence-corrected chi connectivity index (χ2v) is 5.47. The molecule has 1 saturated carbocycles. The van der Waals surface area contributed by atoms with Crippen LogP contribution in [-0.2, 0) is 25.5 Å². The lowest BCUT2D eigenvalue weighted by Crippen LogP contribution is -2.20. The molecule has 22 heavy (non-hydrogen) atoms. The molecule has 0 aromatic carbocycles. The van der Waals surface area contributed by atoms with Crippen LogP contribution in [0.1, 0.15) is 47.1 Å². The maximum atomic E-state index is 11.7. The zero-order valence-corrected chi connectivity index (χ0v) is 12.6. The van der Waals surface area contributed by atoms with Crippen molar-refractivity contribution in [3.8, 4) is 0 Å². The van der Waals surface area contributed by atoms with E-state index in [9.17, 15) is 9.59 Å². The zero-order valence-electron chi connectivity index (χ0n) is 12.6. The Balaban J connectivity index is 1.94. The first kappa shape index (κ1) is 15.0. The SMILES string of the molecule is CCOC(=O)Cn1nc(C(N)=O)c2c1[C@@H](OCOC)[C@@H]1C[C@H]21. The summed E-state index contributed by atoms with van der Waals surface area (Å²) in [6.45, 7) is 2.11. The van der Waals surface area contributed by atoms with Gasteiger partial charge in [-0.2, -0.15) is 5.10 Å². The van der Waals surface area contributed by atoms with Crippen molar-refractivity contribution in [1.82, 2.24) is 9.78 Å². The molecule has 3 atom stereocenters. The smallest absolute Gasteiger partial charge is 0.327 e. The third kappa shape index (κ3) is 2.38. The topological polar surface area (TPSA) is 106 Å². The van der Waals surface area contributed by atoms with Crippen molar-refractivity contribution in [3.05, 3.63) is 17.0 Å². The number of esters is 1. The van der Waals surface area contributed by atoms with Gasteiger partial charge in [0, 0.05) is 12.7 Å². The molecule has 1 aromatic rings. The first-order chi connectivity index (χ1) is 10.6. The minimum absolute atomic E-state index is 0.0598. The molecule has 1 fully saturated rings. The van der Waals surface area contributed by atoms with Gasteiger partial charge >= 0.3 is 5.97 Å². The number of nitrogens with two attached hydrogens (primary N) is 1. The Kier molecular flexibility index (Phi) is 3.88. The number of carbonyl (C=O) groups excluding carboxylic acids is 2. The summed E-state index contributed by atoms with van der Waals surface area (Å²) in [4.78, 5) is 23.4. The van der Waals surface area contributed by atoms with E-state index >= 15 is 0 Å². The highest BCUT2D eigenvalue weighted by Gasteiger charge is 2.57. The van der Waals surface area contributed by atoms with E-state index in [2.05, 4.69) is 5.10 Å². The van der Waals surface area contributed by atoms with Crippen molar-refractivity contribution in [1.29, 1.82) is 0 Å². The molecule has 0 aliphatic heterocycles. The maximum absolute atomic E-state index is 11.7. The molecule has 1 amide bonds. The molecule has 2 N–H and O–H groups in total. The Labute approximate surface area is 127 Å². The van der Waals surface area contributed by atoms with Gasteiger partial charge in [0.2, 0.25) is 0 Å². The van der Waals surface area contributed by atoms with Crippen LogP contribution in [0.15, 0.2) is 0 Å². The molecule has 0 spiro atoms. The van der Waals surface area contributed by atoms with Crippen LogP contribution in [0.3, 0.4) is 0 Å². The molecule has 8 heteroatoms. The van der Waals surface area contributed by atoms with Crippen molar-refractivity contribution in [3.63, 3.8) is 0 Å². The van der Waals surface area contributed by atoms with Gasteiger partial charge in [0.1, 0.15) is 19.4 Å². The number of primary amides is 1. The molecule has 0 saturated heterocycles. The van der Waals surface area contributed by atoms with Crippen LogP contribution in [0.4, 0.5) is 0 Å². The highest BCUT2D eigenvalue weighted by Crippen LogP contribution is 2.63. The first-order valence-electron chi connectivity index (χ1n) is 7.25. The molecule has 2 aliphatic carbocycles. The van der Waals surface area contributed by atoms with Crippen molar-refractivity contribution in [2.45, 2.75) is 31.9 Å². The highest BCUT2D eigenvalue weighted by atomic mass is 16.7. The molecule has 0 unspecified atom stereocenters. The number of hydrogen-bond acceptors (Lipinski definition) is 6. The summed E-state index contributed by atoms with van der Waals surface area (Å²) in [6.07, 6.45) is 0.710. The maximum Gasteiger partial charge on any atom is 0.327 e. The summed E-state index contributed by atoms with van der Waals surface area (Å²) in [5.41, 5.74) is 7.22. The average Bonchev–Trinajstić information content (AvgIpc) is 3.06. The number of carbonyl (C=O) groups is 2. The van der Waals surface area contributed by atoms with Crippen LogP contribution in [0, 0.1) is 5.92 Å². The summed E-state index contributed by atoms with van der Waals surface area (Å²) >= 11 is 0. The predicted molar refractivity (Wildman–Crippen MR) is 73.9 cm³/mol. The molecular weight excluding hydrogens is 290 g/mol. The molecule has 1 heterocycles. The van der Waals surface area contributed by atoms with E-state index in [0.29, 0.717) is 12.5 Å². The fourth-order valence-corrected chi connectivity index (χ4v) is 3.21. The number of nitrogens with zero attached hydrogens (tertiary/aromatic N) is 2. The Morgan fingerprint density at radius 2 is 2.23 bits per heavy atom. The highest BCUT2D eigenvalue weighted by molar-refractivity contribution is 5.93. The lowest BCUT2D eigenvalue weighted by atomic mass is 10.1. The zero-order chi connectivity index (χ0) is 15.9. The van der Waals surface area contributed by atoms with Crippen LogP contribution < -0.4 is 5.73 Å². The first-order valence-corrected chi connectivity index (χ1v) is 7.25. The lowest BCUT2D eigenvalue weighted by Gasteiger charge is -2.16. The van der Waals surface area contributed by atoms with Gasteiger partial charge in [-0.05, 0) is 25.2 Å². The van der Waals surface area contributed by atoms with Crippen LogP contribution in [0.5, 0.6) is 0 Å². The molecule has 1 aromatic heterocycles. The Hall–Kier alpha value is -1.93.